The lowest BCUT2D eigenvalue weighted by molar-refractivity contribution is -0.126. The zero-order valence-electron chi connectivity index (χ0n) is 13.0. The van der Waals surface area contributed by atoms with Gasteiger partial charge in [-0.1, -0.05) is 38.5 Å². The van der Waals surface area contributed by atoms with Crippen LogP contribution in [0.1, 0.15) is 25.8 Å². The van der Waals surface area contributed by atoms with Crippen LogP contribution in [0.3, 0.4) is 0 Å². The summed E-state index contributed by atoms with van der Waals surface area (Å²) in [5.41, 5.74) is 7.97. The number of nitrogens with zero attached hydrogens (tertiary/aromatic N) is 1. The maximum atomic E-state index is 12.2. The Hall–Kier alpha value is -1.59. The standard InChI is InChI=1S/C16H23N3O2.ClH/c1-3-11(2)15(17)16(21)18-10-14(20)19-9-8-12-6-4-5-7-13(12)19;/h4-7,11,15H,3,8-10,17H2,1-2H3,(H,18,21);1H. The molecule has 2 unspecified atom stereocenters. The predicted molar refractivity (Wildman–Crippen MR) is 90.2 cm³/mol. The van der Waals surface area contributed by atoms with Crippen molar-refractivity contribution in [1.29, 1.82) is 0 Å². The van der Waals surface area contributed by atoms with Crippen molar-refractivity contribution in [2.45, 2.75) is 32.7 Å². The summed E-state index contributed by atoms with van der Waals surface area (Å²) in [5.74, 6) is -0.248. The molecule has 22 heavy (non-hydrogen) atoms. The molecule has 2 rings (SSSR count). The van der Waals surface area contributed by atoms with E-state index in [1.165, 1.54) is 5.56 Å². The van der Waals surface area contributed by atoms with E-state index >= 15 is 0 Å². The second-order valence-corrected chi connectivity index (χ2v) is 5.55. The van der Waals surface area contributed by atoms with Crippen molar-refractivity contribution in [3.8, 4) is 0 Å². The molecule has 0 bridgehead atoms. The molecule has 1 aliphatic rings. The van der Waals surface area contributed by atoms with Gasteiger partial charge in [0, 0.05) is 12.2 Å². The number of hydrogen-bond acceptors (Lipinski definition) is 3. The van der Waals surface area contributed by atoms with Crippen LogP contribution in [0, 0.1) is 5.92 Å². The highest BCUT2D eigenvalue weighted by atomic mass is 35.5. The first-order valence-electron chi connectivity index (χ1n) is 7.46. The Morgan fingerprint density at radius 1 is 1.36 bits per heavy atom. The second kappa shape index (κ2) is 8.15. The molecule has 3 N–H and O–H groups in total. The first kappa shape index (κ1) is 18.5. The van der Waals surface area contributed by atoms with Gasteiger partial charge >= 0.3 is 0 Å². The van der Waals surface area contributed by atoms with Crippen LogP contribution in [-0.4, -0.2) is 30.9 Å². The average molecular weight is 326 g/mol. The predicted octanol–water partition coefficient (Wildman–Crippen LogP) is 1.49. The molecule has 0 saturated heterocycles. The lowest BCUT2D eigenvalue weighted by Gasteiger charge is -2.20. The number of nitrogens with two attached hydrogens (primary N) is 1. The Bertz CT molecular complexity index is 536. The number of carbonyl (C=O) groups excluding carboxylic acids is 2. The Morgan fingerprint density at radius 3 is 2.73 bits per heavy atom. The van der Waals surface area contributed by atoms with Crippen molar-refractivity contribution < 1.29 is 9.59 Å². The number of fused-ring (bicyclic) bond motifs is 1. The number of halogens is 1. The molecule has 2 atom stereocenters. The summed E-state index contributed by atoms with van der Waals surface area (Å²) in [7, 11) is 0. The van der Waals surface area contributed by atoms with Crippen molar-refractivity contribution in [3.05, 3.63) is 29.8 Å². The molecule has 1 heterocycles. The Labute approximate surface area is 137 Å². The quantitative estimate of drug-likeness (QED) is 0.861. The molecule has 1 aliphatic heterocycles. The first-order chi connectivity index (χ1) is 10.0. The van der Waals surface area contributed by atoms with Crippen molar-refractivity contribution in [3.63, 3.8) is 0 Å². The number of amides is 2. The van der Waals surface area contributed by atoms with Crippen LogP contribution in [0.15, 0.2) is 24.3 Å². The number of rotatable bonds is 5. The van der Waals surface area contributed by atoms with E-state index in [-0.39, 0.29) is 36.7 Å². The molecule has 1 aromatic rings. The van der Waals surface area contributed by atoms with Crippen LogP contribution in [0.2, 0.25) is 0 Å². The zero-order valence-corrected chi connectivity index (χ0v) is 13.9. The van der Waals surface area contributed by atoms with E-state index < -0.39 is 6.04 Å². The van der Waals surface area contributed by atoms with Gasteiger partial charge in [-0.25, -0.2) is 0 Å². The fraction of sp³-hybridized carbons (Fsp3) is 0.500. The largest absolute Gasteiger partial charge is 0.346 e. The van der Waals surface area contributed by atoms with Crippen LogP contribution in [0.25, 0.3) is 0 Å². The third-order valence-electron chi connectivity index (χ3n) is 4.16. The van der Waals surface area contributed by atoms with Crippen molar-refractivity contribution >= 4 is 29.9 Å². The third kappa shape index (κ3) is 3.99. The molecule has 0 aliphatic carbocycles. The van der Waals surface area contributed by atoms with E-state index in [1.807, 2.05) is 38.1 Å². The van der Waals surface area contributed by atoms with Gasteiger partial charge in [0.05, 0.1) is 12.6 Å². The topological polar surface area (TPSA) is 75.4 Å². The minimum atomic E-state index is -0.561. The lowest BCUT2D eigenvalue weighted by Crippen LogP contribution is -2.48. The van der Waals surface area contributed by atoms with E-state index in [1.54, 1.807) is 4.90 Å². The van der Waals surface area contributed by atoms with Gasteiger partial charge in [0.25, 0.3) is 0 Å². The van der Waals surface area contributed by atoms with E-state index in [0.29, 0.717) is 6.54 Å². The molecular weight excluding hydrogens is 302 g/mol. The van der Waals surface area contributed by atoms with Gasteiger partial charge in [-0.15, -0.1) is 12.4 Å². The van der Waals surface area contributed by atoms with Crippen LogP contribution < -0.4 is 16.0 Å². The molecule has 0 saturated carbocycles. The molecule has 6 heteroatoms. The minimum Gasteiger partial charge on any atom is -0.346 e. The van der Waals surface area contributed by atoms with Gasteiger partial charge in [0.15, 0.2) is 0 Å². The lowest BCUT2D eigenvalue weighted by atomic mass is 9.99. The molecule has 5 nitrogen and oxygen atoms in total. The monoisotopic (exact) mass is 325 g/mol. The smallest absolute Gasteiger partial charge is 0.246 e. The van der Waals surface area contributed by atoms with Crippen LogP contribution in [0.4, 0.5) is 5.69 Å². The number of nitrogens with one attached hydrogen (secondary N) is 1. The number of anilines is 1. The highest BCUT2D eigenvalue weighted by Crippen LogP contribution is 2.27. The van der Waals surface area contributed by atoms with E-state index in [9.17, 15) is 9.59 Å². The second-order valence-electron chi connectivity index (χ2n) is 5.55. The molecule has 2 amide bonds. The van der Waals surface area contributed by atoms with Crippen molar-refractivity contribution in [2.75, 3.05) is 18.0 Å². The molecule has 0 spiro atoms. The number of carbonyl (C=O) groups is 2. The Morgan fingerprint density at radius 2 is 2.05 bits per heavy atom. The summed E-state index contributed by atoms with van der Waals surface area (Å²) in [6.07, 6.45) is 1.70. The van der Waals surface area contributed by atoms with Crippen LogP contribution >= 0.6 is 12.4 Å². The molecule has 0 aromatic heterocycles. The van der Waals surface area contributed by atoms with Gasteiger partial charge in [0.1, 0.15) is 0 Å². The molecule has 0 fully saturated rings. The SMILES string of the molecule is CCC(C)C(N)C(=O)NCC(=O)N1CCc2ccccc21.Cl. The van der Waals surface area contributed by atoms with E-state index in [4.69, 9.17) is 5.73 Å². The van der Waals surface area contributed by atoms with Gasteiger partial charge in [-0.2, -0.15) is 0 Å². The van der Waals surface area contributed by atoms with Gasteiger partial charge in [-0.05, 0) is 24.0 Å². The number of benzene rings is 1. The fourth-order valence-corrected chi connectivity index (χ4v) is 2.49. The normalized spacial score (nSPS) is 15.5. The summed E-state index contributed by atoms with van der Waals surface area (Å²) in [4.78, 5) is 25.9. The highest BCUT2D eigenvalue weighted by molar-refractivity contribution is 5.98. The van der Waals surface area contributed by atoms with Gasteiger partial charge < -0.3 is 16.0 Å². The van der Waals surface area contributed by atoms with E-state index in [0.717, 1.165) is 18.5 Å². The van der Waals surface area contributed by atoms with Gasteiger partial charge in [0.2, 0.25) is 11.8 Å². The summed E-state index contributed by atoms with van der Waals surface area (Å²) >= 11 is 0. The number of para-hydroxylation sites is 1. The summed E-state index contributed by atoms with van der Waals surface area (Å²) in [6, 6.07) is 7.29. The molecule has 1 aromatic carbocycles. The maximum absolute atomic E-state index is 12.2. The van der Waals surface area contributed by atoms with Crippen LogP contribution in [0.5, 0.6) is 0 Å². The third-order valence-corrected chi connectivity index (χ3v) is 4.16. The highest BCUT2D eigenvalue weighted by Gasteiger charge is 2.25. The maximum Gasteiger partial charge on any atom is 0.246 e. The minimum absolute atomic E-state index is 0. The van der Waals surface area contributed by atoms with Gasteiger partial charge in [-0.3, -0.25) is 9.59 Å². The summed E-state index contributed by atoms with van der Waals surface area (Å²) in [6.45, 7) is 4.59. The van der Waals surface area contributed by atoms with E-state index in [2.05, 4.69) is 5.32 Å². The Kier molecular flexibility index (Phi) is 6.84. The first-order valence-corrected chi connectivity index (χ1v) is 7.46. The fourth-order valence-electron chi connectivity index (χ4n) is 2.49. The molecule has 0 radical (unpaired) electrons. The number of hydrogen-bond donors (Lipinski definition) is 2. The molecule has 122 valence electrons. The Balaban J connectivity index is 0.00000242. The van der Waals surface area contributed by atoms with Crippen molar-refractivity contribution in [2.24, 2.45) is 11.7 Å². The van der Waals surface area contributed by atoms with Crippen molar-refractivity contribution in [1.82, 2.24) is 5.32 Å². The summed E-state index contributed by atoms with van der Waals surface area (Å²) in [5, 5.41) is 2.65. The molecular formula is C16H24ClN3O2. The summed E-state index contributed by atoms with van der Waals surface area (Å²) < 4.78 is 0. The van der Waals surface area contributed by atoms with Crippen LogP contribution in [-0.2, 0) is 16.0 Å². The zero-order chi connectivity index (χ0) is 15.4. The average Bonchev–Trinajstić information content (AvgIpc) is 2.94.